The maximum absolute atomic E-state index is 5.13. The quantitative estimate of drug-likeness (QED) is 0.416. The highest BCUT2D eigenvalue weighted by Crippen LogP contribution is 2.17. The lowest BCUT2D eigenvalue weighted by Crippen LogP contribution is -1.82. The summed E-state index contributed by atoms with van der Waals surface area (Å²) in [5.74, 6) is 2.17. The van der Waals surface area contributed by atoms with Gasteiger partial charge in [-0.2, -0.15) is 0 Å². The Morgan fingerprint density at radius 3 is 2.69 bits per heavy atom. The van der Waals surface area contributed by atoms with Gasteiger partial charge >= 0.3 is 0 Å². The van der Waals surface area contributed by atoms with Gasteiger partial charge in [-0.3, -0.25) is 0 Å². The largest absolute Gasteiger partial charge is 0.116 e. The van der Waals surface area contributed by atoms with Gasteiger partial charge in [-0.05, 0) is 34.4 Å². The van der Waals surface area contributed by atoms with Crippen LogP contribution in [0.1, 0.15) is 26.7 Å². The van der Waals surface area contributed by atoms with Gasteiger partial charge in [-0.15, -0.1) is 11.8 Å². The first-order chi connectivity index (χ1) is 6.31. The van der Waals surface area contributed by atoms with Crippen LogP contribution in [-0.4, -0.2) is 15.0 Å². The van der Waals surface area contributed by atoms with E-state index in [4.69, 9.17) is 12.2 Å². The molecule has 13 heavy (non-hydrogen) atoms. The van der Waals surface area contributed by atoms with E-state index in [2.05, 4.69) is 24.4 Å². The molecule has 0 spiro atoms. The fourth-order valence-electron chi connectivity index (χ4n) is 0.493. The average Bonchev–Trinajstić information content (AvgIpc) is 2.13. The van der Waals surface area contributed by atoms with Crippen molar-refractivity contribution in [1.29, 1.82) is 0 Å². The molecule has 0 bridgehead atoms. The van der Waals surface area contributed by atoms with Crippen LogP contribution >= 0.6 is 47.5 Å². The maximum Gasteiger partial charge on any atom is 0.116 e. The van der Waals surface area contributed by atoms with Crippen LogP contribution in [0.3, 0.4) is 0 Å². The molecule has 0 rings (SSSR count). The van der Waals surface area contributed by atoms with Crippen LogP contribution in [0, 0.1) is 10.5 Å². The van der Waals surface area contributed by atoms with E-state index in [-0.39, 0.29) is 0 Å². The topological polar surface area (TPSA) is 0 Å². The van der Waals surface area contributed by atoms with Crippen molar-refractivity contribution in [2.75, 3.05) is 11.5 Å². The van der Waals surface area contributed by atoms with Crippen LogP contribution in [-0.2, 0) is 0 Å². The van der Waals surface area contributed by atoms with Crippen molar-refractivity contribution in [3.8, 4) is 10.5 Å². The Morgan fingerprint density at radius 1 is 1.31 bits per heavy atom. The fraction of sp³-hybridized carbons (Fsp3) is 0.667. The lowest BCUT2D eigenvalue weighted by molar-refractivity contribution is 0.898. The predicted octanol–water partition coefficient (Wildman–Crippen LogP) is 4.21. The molecule has 0 nitrogen and oxygen atoms in total. The highest BCUT2D eigenvalue weighted by molar-refractivity contribution is 8.48. The second kappa shape index (κ2) is 10.8. The molecule has 0 aliphatic rings. The zero-order chi connectivity index (χ0) is 9.94. The molecule has 0 heterocycles. The number of thiocarbonyl (C=S) groups is 1. The van der Waals surface area contributed by atoms with E-state index < -0.39 is 0 Å². The summed E-state index contributed by atoms with van der Waals surface area (Å²) < 4.78 is 0.956. The van der Waals surface area contributed by atoms with E-state index in [1.165, 1.54) is 24.6 Å². The molecule has 0 fully saturated rings. The van der Waals surface area contributed by atoms with Crippen molar-refractivity contribution in [3.05, 3.63) is 0 Å². The number of thioether (sulfide) groups is 3. The Hall–Kier alpha value is 0.700. The molecule has 0 unspecified atom stereocenters. The first-order valence-corrected chi connectivity index (χ1v) is 7.46. The molecule has 0 aliphatic heterocycles. The van der Waals surface area contributed by atoms with Gasteiger partial charge in [0.05, 0.1) is 0 Å². The van der Waals surface area contributed by atoms with E-state index in [1.807, 2.05) is 0 Å². The van der Waals surface area contributed by atoms with E-state index in [1.54, 1.807) is 23.5 Å². The van der Waals surface area contributed by atoms with Crippen molar-refractivity contribution in [1.82, 2.24) is 0 Å². The van der Waals surface area contributed by atoms with Gasteiger partial charge in [-0.25, -0.2) is 0 Å². The van der Waals surface area contributed by atoms with E-state index in [0.717, 1.165) is 15.0 Å². The lowest BCUT2D eigenvalue weighted by atomic mass is 10.4. The Morgan fingerprint density at radius 2 is 2.08 bits per heavy atom. The number of unbranched alkanes of at least 4 members (excludes halogenated alkanes) is 1. The standard InChI is InChI=1S/C9H14S4/c1-3-5-6-12-9(10)13-8-7-11-4-2/h3-6H2,1-2H3. The summed E-state index contributed by atoms with van der Waals surface area (Å²) in [7, 11) is 0. The minimum Gasteiger partial charge on any atom is -0.107 e. The third kappa shape index (κ3) is 10.6. The van der Waals surface area contributed by atoms with Gasteiger partial charge in [-0.1, -0.05) is 44.2 Å². The van der Waals surface area contributed by atoms with Crippen LogP contribution < -0.4 is 0 Å². The van der Waals surface area contributed by atoms with E-state index >= 15 is 0 Å². The number of hydrogen-bond donors (Lipinski definition) is 0. The summed E-state index contributed by atoms with van der Waals surface area (Å²) >= 11 is 9.98. The Balaban J connectivity index is 3.36. The van der Waals surface area contributed by atoms with Gasteiger partial charge in [0.2, 0.25) is 0 Å². The van der Waals surface area contributed by atoms with Gasteiger partial charge in [0.15, 0.2) is 0 Å². The second-order valence-electron chi connectivity index (χ2n) is 2.19. The summed E-state index contributed by atoms with van der Waals surface area (Å²) in [5.41, 5.74) is 0. The van der Waals surface area contributed by atoms with Gasteiger partial charge in [0.1, 0.15) is 3.53 Å². The molecule has 0 aromatic heterocycles. The molecule has 0 saturated carbocycles. The summed E-state index contributed by atoms with van der Waals surface area (Å²) in [4.78, 5) is 0. The van der Waals surface area contributed by atoms with Crippen LogP contribution in [0.25, 0.3) is 0 Å². The van der Waals surface area contributed by atoms with Crippen molar-refractivity contribution >= 4 is 51.0 Å². The molecule has 0 atom stereocenters. The van der Waals surface area contributed by atoms with Crippen LogP contribution in [0.4, 0.5) is 0 Å². The molecule has 0 N–H and O–H groups in total. The SMILES string of the molecule is CCCCSC(=S)SC#CSCC. The zero-order valence-electron chi connectivity index (χ0n) is 7.96. The van der Waals surface area contributed by atoms with E-state index in [0.29, 0.717) is 0 Å². The van der Waals surface area contributed by atoms with Gasteiger partial charge in [0.25, 0.3) is 0 Å². The molecular weight excluding hydrogens is 236 g/mol. The fourth-order valence-corrected chi connectivity index (χ4v) is 2.71. The predicted molar refractivity (Wildman–Crippen MR) is 73.5 cm³/mol. The van der Waals surface area contributed by atoms with Crippen molar-refractivity contribution in [2.24, 2.45) is 0 Å². The lowest BCUT2D eigenvalue weighted by Gasteiger charge is -1.96. The maximum atomic E-state index is 5.13. The summed E-state index contributed by atoms with van der Waals surface area (Å²) in [6, 6.07) is 0. The average molecular weight is 250 g/mol. The molecule has 0 amide bonds. The van der Waals surface area contributed by atoms with Crippen molar-refractivity contribution in [2.45, 2.75) is 26.7 Å². The monoisotopic (exact) mass is 250 g/mol. The molecule has 0 aromatic carbocycles. The first kappa shape index (κ1) is 13.7. The van der Waals surface area contributed by atoms with Crippen molar-refractivity contribution in [3.63, 3.8) is 0 Å². The number of hydrogen-bond acceptors (Lipinski definition) is 4. The highest BCUT2D eigenvalue weighted by Gasteiger charge is 1.94. The third-order valence-electron chi connectivity index (χ3n) is 1.11. The second-order valence-corrected chi connectivity index (χ2v) is 6.37. The van der Waals surface area contributed by atoms with Gasteiger partial charge in [0, 0.05) is 5.75 Å². The third-order valence-corrected chi connectivity index (χ3v) is 4.08. The van der Waals surface area contributed by atoms with Crippen LogP contribution in [0.15, 0.2) is 0 Å². The van der Waals surface area contributed by atoms with Crippen molar-refractivity contribution < 1.29 is 0 Å². The Labute approximate surface area is 99.4 Å². The molecule has 0 aromatic rings. The molecule has 0 aliphatic carbocycles. The normalized spacial score (nSPS) is 9.08. The van der Waals surface area contributed by atoms with Crippen LogP contribution in [0.2, 0.25) is 0 Å². The molecule has 0 saturated heterocycles. The van der Waals surface area contributed by atoms with E-state index in [9.17, 15) is 0 Å². The van der Waals surface area contributed by atoms with Crippen LogP contribution in [0.5, 0.6) is 0 Å². The summed E-state index contributed by atoms with van der Waals surface area (Å²) in [6.45, 7) is 4.28. The van der Waals surface area contributed by atoms with Gasteiger partial charge < -0.3 is 0 Å². The highest BCUT2D eigenvalue weighted by atomic mass is 32.2. The Bertz CT molecular complexity index is 190. The minimum atomic E-state index is 0.956. The smallest absolute Gasteiger partial charge is 0.107 e. The first-order valence-electron chi connectivity index (χ1n) is 4.26. The number of rotatable bonds is 4. The zero-order valence-corrected chi connectivity index (χ0v) is 11.2. The summed E-state index contributed by atoms with van der Waals surface area (Å²) in [5, 5.41) is 5.97. The molecule has 4 heteroatoms. The molecule has 0 radical (unpaired) electrons. The molecular formula is C9H14S4. The Kier molecular flexibility index (Phi) is 11.4. The molecule has 74 valence electrons. The minimum absolute atomic E-state index is 0.956. The summed E-state index contributed by atoms with van der Waals surface area (Å²) in [6.07, 6.45) is 2.47.